The van der Waals surface area contributed by atoms with Crippen LogP contribution in [0.4, 0.5) is 0 Å². The molecule has 1 saturated carbocycles. The first-order chi connectivity index (χ1) is 10.0. The summed E-state index contributed by atoms with van der Waals surface area (Å²) >= 11 is 0. The summed E-state index contributed by atoms with van der Waals surface area (Å²) in [5.74, 6) is -0.935. The predicted octanol–water partition coefficient (Wildman–Crippen LogP) is 2.51. The van der Waals surface area contributed by atoms with E-state index >= 15 is 0 Å². The van der Waals surface area contributed by atoms with Crippen molar-refractivity contribution in [3.05, 3.63) is 29.8 Å². The van der Waals surface area contributed by atoms with Gasteiger partial charge in [0.05, 0.1) is 11.0 Å². The lowest BCUT2D eigenvalue weighted by Gasteiger charge is -2.21. The number of aromatic carboxylic acids is 1. The van der Waals surface area contributed by atoms with Gasteiger partial charge in [0.25, 0.3) is 0 Å². The van der Waals surface area contributed by atoms with E-state index in [1.165, 1.54) is 12.1 Å². The highest BCUT2D eigenvalue weighted by molar-refractivity contribution is 7.92. The molecule has 1 aliphatic rings. The first-order valence-electron chi connectivity index (χ1n) is 7.17. The molecular weight excluding hydrogens is 292 g/mol. The van der Waals surface area contributed by atoms with Crippen LogP contribution in [0.2, 0.25) is 0 Å². The molecule has 1 aromatic rings. The normalized spacial score (nSPS) is 16.6. The van der Waals surface area contributed by atoms with Gasteiger partial charge in [-0.25, -0.2) is 13.2 Å². The van der Waals surface area contributed by atoms with E-state index in [-0.39, 0.29) is 28.9 Å². The van der Waals surface area contributed by atoms with Crippen LogP contribution in [-0.4, -0.2) is 37.1 Å². The Hall–Kier alpha value is -1.56. The van der Waals surface area contributed by atoms with Gasteiger partial charge in [0.1, 0.15) is 17.9 Å². The van der Waals surface area contributed by atoms with Crippen LogP contribution in [0.15, 0.2) is 24.3 Å². The maximum Gasteiger partial charge on any atom is 0.339 e. The molecule has 116 valence electrons. The van der Waals surface area contributed by atoms with E-state index in [9.17, 15) is 13.2 Å². The summed E-state index contributed by atoms with van der Waals surface area (Å²) in [7, 11) is -3.16. The molecule has 0 saturated heterocycles. The van der Waals surface area contributed by atoms with Crippen molar-refractivity contribution in [2.24, 2.45) is 0 Å². The second-order valence-corrected chi connectivity index (χ2v) is 7.68. The van der Waals surface area contributed by atoms with Crippen molar-refractivity contribution in [3.8, 4) is 5.75 Å². The molecule has 6 heteroatoms. The van der Waals surface area contributed by atoms with Gasteiger partial charge >= 0.3 is 5.97 Å². The van der Waals surface area contributed by atoms with E-state index in [1.807, 2.05) is 0 Å². The molecule has 1 aliphatic carbocycles. The summed E-state index contributed by atoms with van der Waals surface area (Å²) in [4.78, 5) is 11.0. The molecule has 0 radical (unpaired) electrons. The lowest BCUT2D eigenvalue weighted by Crippen LogP contribution is -2.28. The SMILES string of the molecule is O=C(O)c1ccccc1OCCS(=O)(=O)C1CCCCC1. The average Bonchev–Trinajstić information content (AvgIpc) is 2.48. The first-order valence-corrected chi connectivity index (χ1v) is 8.89. The second kappa shape index (κ2) is 6.93. The molecular formula is C15H20O5S. The number of carboxylic acid groups (broad SMARTS) is 1. The van der Waals surface area contributed by atoms with Crippen LogP contribution < -0.4 is 4.74 Å². The predicted molar refractivity (Wildman–Crippen MR) is 79.6 cm³/mol. The number of hydrogen-bond donors (Lipinski definition) is 1. The first kappa shape index (κ1) is 15.8. The van der Waals surface area contributed by atoms with Gasteiger partial charge in [-0.3, -0.25) is 0 Å². The van der Waals surface area contributed by atoms with Crippen molar-refractivity contribution in [2.45, 2.75) is 37.4 Å². The molecule has 0 unspecified atom stereocenters. The Morgan fingerprint density at radius 2 is 1.86 bits per heavy atom. The van der Waals surface area contributed by atoms with E-state index in [0.29, 0.717) is 0 Å². The Morgan fingerprint density at radius 3 is 2.52 bits per heavy atom. The monoisotopic (exact) mass is 312 g/mol. The lowest BCUT2D eigenvalue weighted by molar-refractivity contribution is 0.0692. The van der Waals surface area contributed by atoms with Crippen molar-refractivity contribution in [1.82, 2.24) is 0 Å². The summed E-state index contributed by atoms with van der Waals surface area (Å²) in [6.07, 6.45) is 4.50. The van der Waals surface area contributed by atoms with Gasteiger partial charge in [0, 0.05) is 0 Å². The zero-order valence-corrected chi connectivity index (χ0v) is 12.6. The molecule has 21 heavy (non-hydrogen) atoms. The Labute approximate surface area is 124 Å². The van der Waals surface area contributed by atoms with Crippen LogP contribution in [-0.2, 0) is 9.84 Å². The quantitative estimate of drug-likeness (QED) is 0.873. The summed E-state index contributed by atoms with van der Waals surface area (Å²) in [5, 5.41) is 8.77. The van der Waals surface area contributed by atoms with Gasteiger partial charge in [0.2, 0.25) is 0 Å². The molecule has 0 amide bonds. The van der Waals surface area contributed by atoms with Crippen molar-refractivity contribution < 1.29 is 23.1 Å². The molecule has 1 aromatic carbocycles. The Balaban J connectivity index is 1.93. The lowest BCUT2D eigenvalue weighted by atomic mass is 10.0. The topological polar surface area (TPSA) is 80.7 Å². The fourth-order valence-electron chi connectivity index (χ4n) is 2.63. The second-order valence-electron chi connectivity index (χ2n) is 5.28. The van der Waals surface area contributed by atoms with E-state index in [0.717, 1.165) is 32.1 Å². The van der Waals surface area contributed by atoms with Gasteiger partial charge in [-0.1, -0.05) is 31.4 Å². The third kappa shape index (κ3) is 4.20. The number of hydrogen-bond acceptors (Lipinski definition) is 4. The Morgan fingerprint density at radius 1 is 1.19 bits per heavy atom. The summed E-state index contributed by atoms with van der Waals surface area (Å²) < 4.78 is 29.8. The van der Waals surface area contributed by atoms with E-state index in [4.69, 9.17) is 9.84 Å². The van der Waals surface area contributed by atoms with Gasteiger partial charge in [0.15, 0.2) is 9.84 Å². The fraction of sp³-hybridized carbons (Fsp3) is 0.533. The molecule has 0 aliphatic heterocycles. The van der Waals surface area contributed by atoms with Crippen LogP contribution in [0.1, 0.15) is 42.5 Å². The minimum atomic E-state index is -3.16. The van der Waals surface area contributed by atoms with Gasteiger partial charge < -0.3 is 9.84 Å². The van der Waals surface area contributed by atoms with Gasteiger partial charge in [-0.05, 0) is 25.0 Å². The van der Waals surface area contributed by atoms with Crippen LogP contribution >= 0.6 is 0 Å². The van der Waals surface area contributed by atoms with Crippen molar-refractivity contribution >= 4 is 15.8 Å². The zero-order chi connectivity index (χ0) is 15.3. The number of sulfone groups is 1. The number of rotatable bonds is 6. The van der Waals surface area contributed by atoms with Crippen molar-refractivity contribution in [1.29, 1.82) is 0 Å². The number of benzene rings is 1. The summed E-state index contributed by atoms with van der Waals surface area (Å²) in [6.45, 7) is -0.0108. The molecule has 1 fully saturated rings. The molecule has 0 bridgehead atoms. The molecule has 0 spiro atoms. The van der Waals surface area contributed by atoms with E-state index < -0.39 is 15.8 Å². The molecule has 0 aromatic heterocycles. The molecule has 5 nitrogen and oxygen atoms in total. The molecule has 1 N–H and O–H groups in total. The number of carbonyl (C=O) groups is 1. The third-order valence-electron chi connectivity index (χ3n) is 3.80. The average molecular weight is 312 g/mol. The van der Waals surface area contributed by atoms with Crippen molar-refractivity contribution in [2.75, 3.05) is 12.4 Å². The largest absolute Gasteiger partial charge is 0.492 e. The van der Waals surface area contributed by atoms with E-state index in [2.05, 4.69) is 0 Å². The highest BCUT2D eigenvalue weighted by Gasteiger charge is 2.27. The maximum atomic E-state index is 12.2. The van der Waals surface area contributed by atoms with Crippen LogP contribution in [0.25, 0.3) is 0 Å². The zero-order valence-electron chi connectivity index (χ0n) is 11.8. The molecule has 0 heterocycles. The Kier molecular flexibility index (Phi) is 5.22. The van der Waals surface area contributed by atoms with Crippen LogP contribution in [0.5, 0.6) is 5.75 Å². The third-order valence-corrected chi connectivity index (χ3v) is 6.03. The highest BCUT2D eigenvalue weighted by atomic mass is 32.2. The number of ether oxygens (including phenoxy) is 1. The standard InChI is InChI=1S/C15H20O5S/c16-15(17)13-8-4-5-9-14(13)20-10-11-21(18,19)12-6-2-1-3-7-12/h4-5,8-9,12H,1-3,6-7,10-11H2,(H,16,17). The number of para-hydroxylation sites is 1. The molecule has 2 rings (SSSR count). The van der Waals surface area contributed by atoms with E-state index in [1.54, 1.807) is 12.1 Å². The smallest absolute Gasteiger partial charge is 0.339 e. The summed E-state index contributed by atoms with van der Waals surface area (Å²) in [5.41, 5.74) is 0.0487. The highest BCUT2D eigenvalue weighted by Crippen LogP contribution is 2.24. The van der Waals surface area contributed by atoms with Crippen LogP contribution in [0, 0.1) is 0 Å². The van der Waals surface area contributed by atoms with Crippen LogP contribution in [0.3, 0.4) is 0 Å². The van der Waals surface area contributed by atoms with Gasteiger partial charge in [-0.2, -0.15) is 0 Å². The minimum absolute atomic E-state index is 0.0108. The Bertz CT molecular complexity index is 588. The van der Waals surface area contributed by atoms with Gasteiger partial charge in [-0.15, -0.1) is 0 Å². The van der Waals surface area contributed by atoms with Crippen molar-refractivity contribution in [3.63, 3.8) is 0 Å². The maximum absolute atomic E-state index is 12.2. The fourth-order valence-corrected chi connectivity index (χ4v) is 4.33. The number of carboxylic acids is 1. The minimum Gasteiger partial charge on any atom is -0.492 e. The molecule has 0 atom stereocenters. The summed E-state index contributed by atoms with van der Waals surface area (Å²) in [6, 6.07) is 6.25.